The van der Waals surface area contributed by atoms with Crippen molar-refractivity contribution in [2.45, 2.75) is 50.1 Å². The molecule has 4 fully saturated rings. The van der Waals surface area contributed by atoms with Crippen LogP contribution in [-0.2, 0) is 29.2 Å². The van der Waals surface area contributed by atoms with Gasteiger partial charge in [0.15, 0.2) is 5.72 Å². The van der Waals surface area contributed by atoms with E-state index in [1.54, 1.807) is 0 Å². The van der Waals surface area contributed by atoms with Gasteiger partial charge in [-0.05, 0) is 25.0 Å². The second-order valence-corrected chi connectivity index (χ2v) is 9.54. The van der Waals surface area contributed by atoms with Gasteiger partial charge in [0.05, 0.1) is 18.6 Å². The number of hydrogen-bond donors (Lipinski definition) is 0. The van der Waals surface area contributed by atoms with Crippen LogP contribution in [-0.4, -0.2) is 62.1 Å². The lowest BCUT2D eigenvalue weighted by Crippen LogP contribution is -2.80. The van der Waals surface area contributed by atoms with Crippen LogP contribution in [0.2, 0.25) is 0 Å². The average Bonchev–Trinajstić information content (AvgIpc) is 3.38. The van der Waals surface area contributed by atoms with Gasteiger partial charge in [-0.3, -0.25) is 14.5 Å². The van der Waals surface area contributed by atoms with Gasteiger partial charge in [0.2, 0.25) is 0 Å². The Bertz CT molecular complexity index is 1040. The molecule has 6 atom stereocenters. The summed E-state index contributed by atoms with van der Waals surface area (Å²) in [6.07, 6.45) is 3.48. The van der Waals surface area contributed by atoms with E-state index in [0.29, 0.717) is 6.42 Å². The van der Waals surface area contributed by atoms with E-state index in [1.165, 1.54) is 19.6 Å². The molecule has 1 aliphatic carbocycles. The van der Waals surface area contributed by atoms with Crippen molar-refractivity contribution < 1.29 is 23.8 Å². The first-order valence-electron chi connectivity index (χ1n) is 11.0. The van der Waals surface area contributed by atoms with E-state index in [4.69, 9.17) is 14.2 Å². The van der Waals surface area contributed by atoms with E-state index in [1.807, 2.05) is 19.1 Å². The number of para-hydroxylation sites is 1. The molecule has 7 nitrogen and oxygen atoms in total. The molecule has 164 valence electrons. The highest BCUT2D eigenvalue weighted by atomic mass is 16.6. The standard InChI is InChI=1S/C24H28N2O5/c1-5-15-12-26-19-10-17(15)22(21(28)29-4,13-30-14(2)27)23-11-20(26)31-24(19,23)25(3)18-9-7-6-8-16(18)23/h5-9,17,19-20H,10-13H2,1-4H3/b15-5-/t17-,19-,20-,22-,23-,24-/m0/s1. The minimum atomic E-state index is -1.06. The summed E-state index contributed by atoms with van der Waals surface area (Å²) >= 11 is 0. The summed E-state index contributed by atoms with van der Waals surface area (Å²) in [4.78, 5) is 30.7. The average molecular weight is 424 g/mol. The quantitative estimate of drug-likeness (QED) is 0.544. The number of piperidine rings is 2. The fraction of sp³-hybridized carbons (Fsp3) is 0.583. The Labute approximate surface area is 181 Å². The van der Waals surface area contributed by atoms with E-state index in [2.05, 4.69) is 35.1 Å². The van der Waals surface area contributed by atoms with Gasteiger partial charge >= 0.3 is 11.9 Å². The maximum Gasteiger partial charge on any atom is 0.317 e. The molecule has 4 bridgehead atoms. The van der Waals surface area contributed by atoms with E-state index >= 15 is 0 Å². The molecule has 1 aromatic carbocycles. The van der Waals surface area contributed by atoms with Gasteiger partial charge in [0.1, 0.15) is 18.2 Å². The molecule has 4 heterocycles. The van der Waals surface area contributed by atoms with E-state index in [-0.39, 0.29) is 36.7 Å². The number of carbonyl (C=O) groups is 2. The number of benzene rings is 1. The van der Waals surface area contributed by atoms with Gasteiger partial charge in [0.25, 0.3) is 0 Å². The van der Waals surface area contributed by atoms with Crippen molar-refractivity contribution in [3.8, 4) is 0 Å². The van der Waals surface area contributed by atoms with Crippen LogP contribution in [0.3, 0.4) is 0 Å². The first kappa shape index (κ1) is 19.3. The zero-order chi connectivity index (χ0) is 21.8. The number of carbonyl (C=O) groups excluding carboxylic acids is 2. The summed E-state index contributed by atoms with van der Waals surface area (Å²) in [6.45, 7) is 4.18. The van der Waals surface area contributed by atoms with Gasteiger partial charge in [-0.1, -0.05) is 29.8 Å². The largest absolute Gasteiger partial charge is 0.468 e. The van der Waals surface area contributed by atoms with Crippen molar-refractivity contribution in [1.29, 1.82) is 0 Å². The lowest BCUT2D eigenvalue weighted by molar-refractivity contribution is -0.199. The smallest absolute Gasteiger partial charge is 0.317 e. The van der Waals surface area contributed by atoms with Crippen LogP contribution in [0.5, 0.6) is 0 Å². The van der Waals surface area contributed by atoms with Crippen LogP contribution in [0.1, 0.15) is 32.3 Å². The Kier molecular flexibility index (Phi) is 3.67. The number of likely N-dealkylation sites (N-methyl/N-ethyl adjacent to an activating group) is 1. The van der Waals surface area contributed by atoms with Crippen molar-refractivity contribution in [2.24, 2.45) is 11.3 Å². The van der Waals surface area contributed by atoms with Crippen LogP contribution in [0, 0.1) is 11.3 Å². The van der Waals surface area contributed by atoms with Crippen LogP contribution in [0.25, 0.3) is 0 Å². The molecule has 31 heavy (non-hydrogen) atoms. The topological polar surface area (TPSA) is 68.3 Å². The molecule has 1 aromatic rings. The highest BCUT2D eigenvalue weighted by Gasteiger charge is 2.88. The molecule has 0 aromatic heterocycles. The number of ether oxygens (including phenoxy) is 3. The van der Waals surface area contributed by atoms with Gasteiger partial charge < -0.3 is 19.1 Å². The van der Waals surface area contributed by atoms with E-state index < -0.39 is 16.6 Å². The number of hydrogen-bond acceptors (Lipinski definition) is 7. The first-order chi connectivity index (χ1) is 14.9. The summed E-state index contributed by atoms with van der Waals surface area (Å²) in [5, 5.41) is 0. The maximum atomic E-state index is 13.9. The summed E-state index contributed by atoms with van der Waals surface area (Å²) < 4.78 is 18.1. The van der Waals surface area contributed by atoms with Crippen molar-refractivity contribution in [3.63, 3.8) is 0 Å². The number of nitrogens with zero attached hydrogens (tertiary/aromatic N) is 2. The molecule has 1 spiro atoms. The monoisotopic (exact) mass is 424 g/mol. The van der Waals surface area contributed by atoms with Crippen molar-refractivity contribution in [3.05, 3.63) is 41.5 Å². The zero-order valence-electron chi connectivity index (χ0n) is 18.4. The molecule has 4 aliphatic heterocycles. The minimum absolute atomic E-state index is 0.0102. The number of rotatable bonds is 3. The highest BCUT2D eigenvalue weighted by Crippen LogP contribution is 2.77. The molecule has 0 amide bonds. The van der Waals surface area contributed by atoms with Crippen LogP contribution in [0.15, 0.2) is 35.9 Å². The molecule has 0 radical (unpaired) electrons. The fourth-order valence-electron chi connectivity index (χ4n) is 7.98. The Balaban J connectivity index is 1.72. The number of fused-ring (bicyclic) bond motifs is 4. The normalized spacial score (nSPS) is 42.6. The van der Waals surface area contributed by atoms with Gasteiger partial charge in [-0.25, -0.2) is 0 Å². The van der Waals surface area contributed by atoms with E-state index in [0.717, 1.165) is 24.2 Å². The SMILES string of the molecule is C/C=C1/CN2[C@@H]3C[C@@]45c6ccccc6N(C)[C@]4(O3)[C@@H]2C[C@@H]1[C@@]5(COC(C)=O)C(=O)OC. The molecule has 1 saturated carbocycles. The molecular formula is C24H28N2O5. The Morgan fingerprint density at radius 2 is 2.10 bits per heavy atom. The predicted molar refractivity (Wildman–Crippen MR) is 112 cm³/mol. The Morgan fingerprint density at radius 3 is 2.81 bits per heavy atom. The summed E-state index contributed by atoms with van der Waals surface area (Å²) in [5.41, 5.74) is 0.957. The van der Waals surface area contributed by atoms with Crippen molar-refractivity contribution >= 4 is 17.6 Å². The lowest BCUT2D eigenvalue weighted by atomic mass is 9.42. The molecule has 0 N–H and O–H groups in total. The van der Waals surface area contributed by atoms with Gasteiger partial charge in [-0.2, -0.15) is 0 Å². The van der Waals surface area contributed by atoms with Crippen LogP contribution in [0.4, 0.5) is 5.69 Å². The van der Waals surface area contributed by atoms with Crippen molar-refractivity contribution in [2.75, 3.05) is 32.2 Å². The third-order valence-corrected chi connectivity index (χ3v) is 8.91. The third kappa shape index (κ3) is 1.79. The van der Waals surface area contributed by atoms with Gasteiger partial charge in [-0.15, -0.1) is 0 Å². The second kappa shape index (κ2) is 5.90. The molecule has 5 aliphatic rings. The first-order valence-corrected chi connectivity index (χ1v) is 11.0. The molecular weight excluding hydrogens is 396 g/mol. The minimum Gasteiger partial charge on any atom is -0.468 e. The lowest BCUT2D eigenvalue weighted by Gasteiger charge is -2.65. The maximum absolute atomic E-state index is 13.9. The second-order valence-electron chi connectivity index (χ2n) is 9.54. The Hall–Kier alpha value is -2.38. The van der Waals surface area contributed by atoms with Crippen LogP contribution < -0.4 is 4.90 Å². The van der Waals surface area contributed by atoms with Gasteiger partial charge in [0, 0.05) is 38.5 Å². The Morgan fingerprint density at radius 1 is 1.32 bits per heavy atom. The third-order valence-electron chi connectivity index (χ3n) is 8.91. The zero-order valence-corrected chi connectivity index (χ0v) is 18.4. The van der Waals surface area contributed by atoms with E-state index in [9.17, 15) is 9.59 Å². The summed E-state index contributed by atoms with van der Waals surface area (Å²) in [7, 11) is 3.52. The number of esters is 2. The molecule has 0 unspecified atom stereocenters. The number of anilines is 1. The number of allylic oxidation sites excluding steroid dienone is 1. The highest BCUT2D eigenvalue weighted by molar-refractivity contribution is 5.86. The number of methoxy groups -OCH3 is 1. The summed E-state index contributed by atoms with van der Waals surface area (Å²) in [5.74, 6) is -0.787. The fourth-order valence-corrected chi connectivity index (χ4v) is 7.98. The molecule has 7 heteroatoms. The van der Waals surface area contributed by atoms with Crippen LogP contribution >= 0.6 is 0 Å². The molecule has 3 saturated heterocycles. The molecule has 6 rings (SSSR count). The predicted octanol–water partition coefficient (Wildman–Crippen LogP) is 2.20. The van der Waals surface area contributed by atoms with Crippen molar-refractivity contribution in [1.82, 2.24) is 4.90 Å². The summed E-state index contributed by atoms with van der Waals surface area (Å²) in [6, 6.07) is 8.44.